The van der Waals surface area contributed by atoms with Crippen LogP contribution in [0.3, 0.4) is 0 Å². The summed E-state index contributed by atoms with van der Waals surface area (Å²) in [5, 5.41) is 0.551. The minimum atomic E-state index is -5.01. The predicted octanol–water partition coefficient (Wildman–Crippen LogP) is -3.99. The molecule has 2 saturated heterocycles. The molecule has 0 saturated carbocycles. The molecule has 2 bridgehead atoms. The van der Waals surface area contributed by atoms with E-state index in [-0.39, 0.29) is 48.6 Å². The van der Waals surface area contributed by atoms with Crippen molar-refractivity contribution < 1.29 is 56.4 Å². The Labute approximate surface area is 143 Å². The van der Waals surface area contributed by atoms with Gasteiger partial charge in [-0.3, -0.25) is 4.79 Å². The van der Waals surface area contributed by atoms with Gasteiger partial charge in [0.2, 0.25) is 16.3 Å². The topological polar surface area (TPSA) is 110 Å². The van der Waals surface area contributed by atoms with Crippen LogP contribution in [0, 0.1) is 0 Å². The first-order valence-corrected chi connectivity index (χ1v) is 7.43. The molecule has 3 heterocycles. The average molecular weight is 325 g/mol. The SMILES string of the molecule is O=C1CCCN1C1=CC2CN(C1)C(=O)N2OS(=O)(=O)[O-].[Na+]. The van der Waals surface area contributed by atoms with Crippen LogP contribution in [0.4, 0.5) is 4.79 Å². The summed E-state index contributed by atoms with van der Waals surface area (Å²) in [5.74, 6) is -0.0184. The van der Waals surface area contributed by atoms with Crippen molar-refractivity contribution in [2.45, 2.75) is 18.9 Å². The minimum absolute atomic E-state index is 0. The van der Waals surface area contributed by atoms with E-state index in [4.69, 9.17) is 0 Å². The van der Waals surface area contributed by atoms with E-state index < -0.39 is 22.5 Å². The van der Waals surface area contributed by atoms with Crippen molar-refractivity contribution in [3.05, 3.63) is 11.8 Å². The Morgan fingerprint density at radius 2 is 2.05 bits per heavy atom. The van der Waals surface area contributed by atoms with Gasteiger partial charge in [0.05, 0.1) is 6.54 Å². The molecule has 9 nitrogen and oxygen atoms in total. The van der Waals surface area contributed by atoms with Crippen molar-refractivity contribution in [1.82, 2.24) is 14.9 Å². The van der Waals surface area contributed by atoms with E-state index in [2.05, 4.69) is 4.28 Å². The van der Waals surface area contributed by atoms with E-state index in [1.165, 1.54) is 4.90 Å². The quantitative estimate of drug-likeness (QED) is 0.297. The molecular formula is C10H12N3NaO6S. The van der Waals surface area contributed by atoms with Crippen LogP contribution in [0.1, 0.15) is 12.8 Å². The maximum Gasteiger partial charge on any atom is 1.00 e. The van der Waals surface area contributed by atoms with Crippen LogP contribution < -0.4 is 29.6 Å². The van der Waals surface area contributed by atoms with Crippen molar-refractivity contribution in [2.75, 3.05) is 19.6 Å². The molecule has 2 fully saturated rings. The standard InChI is InChI=1S/C10H13N3O6S.Na/c14-9-2-1-3-12(9)7-4-8-6-11(5-7)10(15)13(8)19-20(16,17)18;/h4,8H,1-3,5-6H2,(H,16,17,18);/q;+1/p-1. The zero-order valence-electron chi connectivity index (χ0n) is 11.4. The van der Waals surface area contributed by atoms with Crippen molar-refractivity contribution in [2.24, 2.45) is 0 Å². The Kier molecular flexibility index (Phi) is 4.66. The molecule has 3 aliphatic heterocycles. The first-order valence-electron chi connectivity index (χ1n) is 6.10. The summed E-state index contributed by atoms with van der Waals surface area (Å²) in [6.45, 7) is 1.03. The molecule has 0 aliphatic carbocycles. The van der Waals surface area contributed by atoms with Crippen LogP contribution >= 0.6 is 0 Å². The summed E-state index contributed by atoms with van der Waals surface area (Å²) in [4.78, 5) is 26.5. The summed E-state index contributed by atoms with van der Waals surface area (Å²) in [6.07, 6.45) is 2.82. The summed E-state index contributed by atoms with van der Waals surface area (Å²) in [7, 11) is -5.01. The van der Waals surface area contributed by atoms with E-state index in [0.29, 0.717) is 23.7 Å². The number of hydrogen-bond acceptors (Lipinski definition) is 6. The Morgan fingerprint density at radius 3 is 2.62 bits per heavy atom. The number of rotatable bonds is 3. The fourth-order valence-electron chi connectivity index (χ4n) is 2.69. The fourth-order valence-corrected chi connectivity index (χ4v) is 3.07. The smallest absolute Gasteiger partial charge is 0.724 e. The molecule has 3 rings (SSSR count). The summed E-state index contributed by atoms with van der Waals surface area (Å²) < 4.78 is 36.1. The average Bonchev–Trinajstić information content (AvgIpc) is 2.86. The number of fused-ring (bicyclic) bond motifs is 2. The number of likely N-dealkylation sites (tertiary alicyclic amines) is 1. The number of nitrogens with zero attached hydrogens (tertiary/aromatic N) is 3. The van der Waals surface area contributed by atoms with Crippen LogP contribution in [-0.2, 0) is 19.5 Å². The van der Waals surface area contributed by atoms with E-state index in [9.17, 15) is 22.6 Å². The maximum atomic E-state index is 11.9. The van der Waals surface area contributed by atoms with Gasteiger partial charge in [-0.15, -0.1) is 0 Å². The summed E-state index contributed by atoms with van der Waals surface area (Å²) >= 11 is 0. The second-order valence-corrected chi connectivity index (χ2v) is 5.81. The van der Waals surface area contributed by atoms with Gasteiger partial charge in [0.1, 0.15) is 6.04 Å². The van der Waals surface area contributed by atoms with Gasteiger partial charge in [-0.25, -0.2) is 13.2 Å². The number of carbonyl (C=O) groups is 2. The molecule has 1 atom stereocenters. The van der Waals surface area contributed by atoms with E-state index >= 15 is 0 Å². The van der Waals surface area contributed by atoms with Crippen molar-refractivity contribution in [3.8, 4) is 0 Å². The Morgan fingerprint density at radius 1 is 1.33 bits per heavy atom. The molecule has 21 heavy (non-hydrogen) atoms. The van der Waals surface area contributed by atoms with Gasteiger partial charge in [-0.05, 0) is 12.5 Å². The third-order valence-electron chi connectivity index (χ3n) is 3.50. The maximum absolute atomic E-state index is 11.9. The molecule has 0 aromatic rings. The van der Waals surface area contributed by atoms with Gasteiger partial charge in [0, 0.05) is 25.2 Å². The normalized spacial score (nSPS) is 25.3. The molecule has 0 N–H and O–H groups in total. The second-order valence-electron chi connectivity index (χ2n) is 4.85. The first-order chi connectivity index (χ1) is 9.35. The van der Waals surface area contributed by atoms with Gasteiger partial charge >= 0.3 is 35.6 Å². The Bertz CT molecular complexity index is 606. The first kappa shape index (κ1) is 16.7. The predicted molar refractivity (Wildman–Crippen MR) is 62.4 cm³/mol. The summed E-state index contributed by atoms with van der Waals surface area (Å²) in [6, 6.07) is -1.37. The molecule has 3 amide bonds. The van der Waals surface area contributed by atoms with E-state index in [0.717, 1.165) is 6.42 Å². The zero-order valence-corrected chi connectivity index (χ0v) is 14.2. The molecule has 3 aliphatic rings. The fraction of sp³-hybridized carbons (Fsp3) is 0.600. The van der Waals surface area contributed by atoms with Crippen LogP contribution in [0.15, 0.2) is 11.8 Å². The molecule has 11 heteroatoms. The number of carbonyl (C=O) groups excluding carboxylic acids is 2. The van der Waals surface area contributed by atoms with Crippen LogP contribution in [-0.4, -0.2) is 65.4 Å². The van der Waals surface area contributed by atoms with Gasteiger partial charge in [0.15, 0.2) is 0 Å². The molecule has 110 valence electrons. The number of hydroxylamine groups is 2. The van der Waals surface area contributed by atoms with Gasteiger partial charge in [-0.2, -0.15) is 9.35 Å². The third-order valence-corrected chi connectivity index (χ3v) is 3.84. The Balaban J connectivity index is 0.00000161. The molecule has 0 aromatic carbocycles. The number of urea groups is 1. The van der Waals surface area contributed by atoms with E-state index in [1.807, 2.05) is 0 Å². The largest absolute Gasteiger partial charge is 1.00 e. The van der Waals surface area contributed by atoms with Crippen molar-refractivity contribution in [1.29, 1.82) is 0 Å². The van der Waals surface area contributed by atoms with Crippen LogP contribution in [0.2, 0.25) is 0 Å². The molecule has 0 spiro atoms. The van der Waals surface area contributed by atoms with Crippen molar-refractivity contribution in [3.63, 3.8) is 0 Å². The van der Waals surface area contributed by atoms with Gasteiger partial charge < -0.3 is 14.4 Å². The molecule has 0 aromatic heterocycles. The van der Waals surface area contributed by atoms with Crippen LogP contribution in [0.5, 0.6) is 0 Å². The van der Waals surface area contributed by atoms with Crippen molar-refractivity contribution >= 4 is 22.3 Å². The minimum Gasteiger partial charge on any atom is -0.724 e. The third kappa shape index (κ3) is 3.25. The number of amides is 3. The molecule has 1 unspecified atom stereocenters. The summed E-state index contributed by atoms with van der Waals surface area (Å²) in [5.41, 5.74) is 0.645. The van der Waals surface area contributed by atoms with Gasteiger partial charge in [0.25, 0.3) is 0 Å². The number of hydrogen-bond donors (Lipinski definition) is 0. The molecular weight excluding hydrogens is 313 g/mol. The Hall–Kier alpha value is -0.650. The van der Waals surface area contributed by atoms with Crippen LogP contribution in [0.25, 0.3) is 0 Å². The second kappa shape index (κ2) is 5.86. The molecule has 0 radical (unpaired) electrons. The zero-order chi connectivity index (χ0) is 14.5. The monoisotopic (exact) mass is 325 g/mol. The van der Waals surface area contributed by atoms with Gasteiger partial charge in [-0.1, -0.05) is 0 Å². The van der Waals surface area contributed by atoms with E-state index in [1.54, 1.807) is 11.0 Å².